The van der Waals surface area contributed by atoms with Crippen molar-refractivity contribution in [1.29, 1.82) is 0 Å². The molecule has 0 aromatic rings. The summed E-state index contributed by atoms with van der Waals surface area (Å²) < 4.78 is 5.98. The van der Waals surface area contributed by atoms with Crippen LogP contribution in [0.2, 0.25) is 0 Å². The molecule has 0 aromatic carbocycles. The number of amides is 1. The third-order valence-corrected chi connectivity index (χ3v) is 13.9. The molecule has 0 fully saturated rings. The number of ether oxygens (including phenoxy) is 1. The molecule has 0 saturated heterocycles. The molecular weight excluding hydrogens is 839 g/mol. The maximum Gasteiger partial charge on any atom is 0.306 e. The van der Waals surface area contributed by atoms with Gasteiger partial charge in [-0.2, -0.15) is 0 Å². The molecule has 3 unspecified atom stereocenters. The van der Waals surface area contributed by atoms with Crippen LogP contribution >= 0.6 is 0 Å². The van der Waals surface area contributed by atoms with Crippen LogP contribution in [-0.2, 0) is 14.3 Å². The van der Waals surface area contributed by atoms with Gasteiger partial charge < -0.3 is 20.3 Å². The van der Waals surface area contributed by atoms with Crippen molar-refractivity contribution in [3.63, 3.8) is 0 Å². The van der Waals surface area contributed by atoms with E-state index in [4.69, 9.17) is 4.74 Å². The summed E-state index contributed by atoms with van der Waals surface area (Å²) in [7, 11) is 0. The lowest BCUT2D eigenvalue weighted by Crippen LogP contribution is -2.46. The quantitative estimate of drug-likeness (QED) is 0.0321. The number of unbranched alkanes of at least 4 members (excludes halogenated alkanes) is 37. The Kier molecular flexibility index (Phi) is 54.4. The number of carbonyl (C=O) groups excluding carboxylic acids is 2. The third kappa shape index (κ3) is 50.5. The van der Waals surface area contributed by atoms with Crippen molar-refractivity contribution in [2.24, 2.45) is 0 Å². The molecule has 0 radical (unpaired) electrons. The summed E-state index contributed by atoms with van der Waals surface area (Å²) in [6.45, 7) is 6.49. The van der Waals surface area contributed by atoms with Crippen LogP contribution in [0.25, 0.3) is 0 Å². The molecule has 0 spiro atoms. The van der Waals surface area contributed by atoms with Gasteiger partial charge in [-0.25, -0.2) is 0 Å². The minimum atomic E-state index is -0.788. The topological polar surface area (TPSA) is 95.9 Å². The molecule has 0 rings (SSSR count). The van der Waals surface area contributed by atoms with Gasteiger partial charge in [0.15, 0.2) is 0 Å². The maximum absolute atomic E-state index is 13.3. The van der Waals surface area contributed by atoms with Crippen LogP contribution in [0, 0.1) is 0 Å². The van der Waals surface area contributed by atoms with Crippen LogP contribution in [-0.4, -0.2) is 46.9 Å². The van der Waals surface area contributed by atoms with Crippen molar-refractivity contribution < 1.29 is 24.5 Å². The standard InChI is InChI=1S/C62H117NO5/c1-4-7-10-13-16-19-22-25-27-29-30-32-34-37-40-43-46-49-52-55-62(67)68-58(53-50-47-44-41-38-36-33-31-28-26-23-20-17-14-11-8-5-2)56-61(66)63-59(57-64)60(65)54-51-48-45-42-39-35-24-21-18-15-12-9-6-3/h16,19,25-28,58-60,64-65H,4-15,17-18,20-24,29-57H2,1-3H3,(H,63,66)/b19-16-,27-25-,28-26+. The molecule has 0 aromatic heterocycles. The second kappa shape index (κ2) is 56.0. The van der Waals surface area contributed by atoms with Gasteiger partial charge in [0.2, 0.25) is 5.91 Å². The largest absolute Gasteiger partial charge is 0.462 e. The van der Waals surface area contributed by atoms with Crippen molar-refractivity contribution >= 4 is 11.9 Å². The predicted molar refractivity (Wildman–Crippen MR) is 296 cm³/mol. The lowest BCUT2D eigenvalue weighted by atomic mass is 10.0. The maximum atomic E-state index is 13.3. The molecule has 0 bridgehead atoms. The Morgan fingerprint density at radius 1 is 0.426 bits per heavy atom. The Hall–Kier alpha value is -1.92. The minimum absolute atomic E-state index is 0.0763. The fraction of sp³-hybridized carbons (Fsp3) is 0.871. The summed E-state index contributed by atoms with van der Waals surface area (Å²) >= 11 is 0. The summed E-state index contributed by atoms with van der Waals surface area (Å²) in [5.41, 5.74) is 0. The molecule has 6 heteroatoms. The predicted octanol–water partition coefficient (Wildman–Crippen LogP) is 18.8. The van der Waals surface area contributed by atoms with E-state index < -0.39 is 18.2 Å². The second-order valence-corrected chi connectivity index (χ2v) is 20.7. The number of esters is 1. The van der Waals surface area contributed by atoms with Crippen molar-refractivity contribution in [2.75, 3.05) is 6.61 Å². The summed E-state index contributed by atoms with van der Waals surface area (Å²) in [5.74, 6) is -0.466. The average Bonchev–Trinajstić information content (AvgIpc) is 3.33. The van der Waals surface area contributed by atoms with Gasteiger partial charge in [-0.1, -0.05) is 263 Å². The number of allylic oxidation sites excluding steroid dienone is 6. The molecule has 3 atom stereocenters. The van der Waals surface area contributed by atoms with Crippen LogP contribution in [0.15, 0.2) is 36.5 Å². The summed E-state index contributed by atoms with van der Waals surface area (Å²) in [5, 5.41) is 23.9. The number of hydrogen-bond acceptors (Lipinski definition) is 5. The number of hydrogen-bond donors (Lipinski definition) is 3. The molecule has 0 saturated carbocycles. The molecule has 6 nitrogen and oxygen atoms in total. The van der Waals surface area contributed by atoms with E-state index in [1.54, 1.807) is 0 Å². The Labute approximate surface area is 424 Å². The highest BCUT2D eigenvalue weighted by Crippen LogP contribution is 2.19. The second-order valence-electron chi connectivity index (χ2n) is 20.7. The van der Waals surface area contributed by atoms with E-state index in [2.05, 4.69) is 62.5 Å². The minimum Gasteiger partial charge on any atom is -0.462 e. The van der Waals surface area contributed by atoms with E-state index in [1.807, 2.05) is 0 Å². The fourth-order valence-electron chi connectivity index (χ4n) is 9.34. The molecule has 0 aliphatic rings. The zero-order valence-corrected chi connectivity index (χ0v) is 45.8. The number of aliphatic hydroxyl groups excluding tert-OH is 2. The van der Waals surface area contributed by atoms with Gasteiger partial charge >= 0.3 is 5.97 Å². The van der Waals surface area contributed by atoms with Gasteiger partial charge in [0.1, 0.15) is 6.10 Å². The van der Waals surface area contributed by atoms with Gasteiger partial charge in [0.05, 0.1) is 25.2 Å². The Morgan fingerprint density at radius 3 is 1.16 bits per heavy atom. The molecule has 400 valence electrons. The first-order valence-electron chi connectivity index (χ1n) is 30.2. The third-order valence-electron chi connectivity index (χ3n) is 13.9. The van der Waals surface area contributed by atoms with Gasteiger partial charge in [-0.3, -0.25) is 9.59 Å². The smallest absolute Gasteiger partial charge is 0.306 e. The highest BCUT2D eigenvalue weighted by atomic mass is 16.5. The van der Waals surface area contributed by atoms with Crippen LogP contribution in [0.4, 0.5) is 0 Å². The van der Waals surface area contributed by atoms with E-state index in [0.29, 0.717) is 19.3 Å². The van der Waals surface area contributed by atoms with Gasteiger partial charge in [0.25, 0.3) is 0 Å². The van der Waals surface area contributed by atoms with Crippen LogP contribution in [0.1, 0.15) is 323 Å². The lowest BCUT2D eigenvalue weighted by Gasteiger charge is -2.24. The van der Waals surface area contributed by atoms with Gasteiger partial charge in [-0.15, -0.1) is 0 Å². The molecular formula is C62H117NO5. The Balaban J connectivity index is 4.54. The molecule has 0 heterocycles. The van der Waals surface area contributed by atoms with E-state index in [-0.39, 0.29) is 24.9 Å². The van der Waals surface area contributed by atoms with E-state index in [9.17, 15) is 19.8 Å². The number of carbonyl (C=O) groups is 2. The van der Waals surface area contributed by atoms with Crippen molar-refractivity contribution in [3.8, 4) is 0 Å². The first kappa shape index (κ1) is 66.1. The van der Waals surface area contributed by atoms with Gasteiger partial charge in [0, 0.05) is 6.42 Å². The number of aliphatic hydroxyl groups is 2. The zero-order chi connectivity index (χ0) is 49.5. The number of nitrogens with one attached hydrogen (secondary N) is 1. The molecule has 1 amide bonds. The SMILES string of the molecule is CCCCC/C=C\C/C=C\CCCCCCCCCCCC(=O)OC(CCCCCCCCC/C=C/CCCCCCCC)CC(=O)NC(CO)C(O)CCCCCCCCCCCCCCC. The van der Waals surface area contributed by atoms with E-state index >= 15 is 0 Å². The van der Waals surface area contributed by atoms with E-state index in [0.717, 1.165) is 57.8 Å². The lowest BCUT2D eigenvalue weighted by molar-refractivity contribution is -0.151. The first-order chi connectivity index (χ1) is 33.5. The Bertz CT molecular complexity index is 1120. The van der Waals surface area contributed by atoms with Crippen LogP contribution in [0.3, 0.4) is 0 Å². The normalized spacial score (nSPS) is 13.3. The summed E-state index contributed by atoms with van der Waals surface area (Å²) in [4.78, 5) is 26.3. The molecule has 0 aliphatic carbocycles. The Morgan fingerprint density at radius 2 is 0.750 bits per heavy atom. The number of rotatable bonds is 55. The van der Waals surface area contributed by atoms with E-state index in [1.165, 1.54) is 218 Å². The fourth-order valence-corrected chi connectivity index (χ4v) is 9.34. The van der Waals surface area contributed by atoms with Crippen molar-refractivity contribution in [1.82, 2.24) is 5.32 Å². The van der Waals surface area contributed by atoms with Crippen molar-refractivity contribution in [3.05, 3.63) is 36.5 Å². The van der Waals surface area contributed by atoms with Crippen molar-refractivity contribution in [2.45, 2.75) is 341 Å². The molecule has 68 heavy (non-hydrogen) atoms. The molecule has 3 N–H and O–H groups in total. The summed E-state index contributed by atoms with van der Waals surface area (Å²) in [6.07, 6.45) is 67.8. The monoisotopic (exact) mass is 956 g/mol. The highest BCUT2D eigenvalue weighted by molar-refractivity contribution is 5.77. The summed E-state index contributed by atoms with van der Waals surface area (Å²) in [6, 6.07) is -0.702. The van der Waals surface area contributed by atoms with Crippen LogP contribution < -0.4 is 5.32 Å². The van der Waals surface area contributed by atoms with Crippen LogP contribution in [0.5, 0.6) is 0 Å². The first-order valence-corrected chi connectivity index (χ1v) is 30.2. The highest BCUT2D eigenvalue weighted by Gasteiger charge is 2.24. The molecule has 0 aliphatic heterocycles. The average molecular weight is 957 g/mol. The zero-order valence-electron chi connectivity index (χ0n) is 45.8. The van der Waals surface area contributed by atoms with Gasteiger partial charge in [-0.05, 0) is 83.5 Å².